The van der Waals surface area contributed by atoms with Crippen molar-refractivity contribution >= 4 is 11.7 Å². The van der Waals surface area contributed by atoms with Crippen LogP contribution < -0.4 is 4.90 Å². The van der Waals surface area contributed by atoms with Crippen LogP contribution in [-0.4, -0.2) is 34.1 Å². The monoisotopic (exact) mass is 277 g/mol. The zero-order valence-electron chi connectivity index (χ0n) is 12.7. The second kappa shape index (κ2) is 5.38. The lowest BCUT2D eigenvalue weighted by atomic mass is 9.82. The molecule has 5 heteroatoms. The molecule has 110 valence electrons. The zero-order chi connectivity index (χ0) is 14.9. The Morgan fingerprint density at radius 1 is 1.35 bits per heavy atom. The molecule has 1 aromatic rings. The number of piperidine rings is 1. The van der Waals surface area contributed by atoms with Crippen LogP contribution in [-0.2, 0) is 0 Å². The van der Waals surface area contributed by atoms with Gasteiger partial charge >= 0.3 is 5.97 Å². The fourth-order valence-corrected chi connectivity index (χ4v) is 2.41. The van der Waals surface area contributed by atoms with Gasteiger partial charge in [0, 0.05) is 19.0 Å². The number of anilines is 1. The van der Waals surface area contributed by atoms with Crippen molar-refractivity contribution in [3.05, 3.63) is 17.7 Å². The van der Waals surface area contributed by atoms with Gasteiger partial charge < -0.3 is 10.0 Å². The van der Waals surface area contributed by atoms with Crippen molar-refractivity contribution in [2.45, 2.75) is 46.5 Å². The summed E-state index contributed by atoms with van der Waals surface area (Å²) in [5.74, 6) is -0.264. The molecule has 0 aliphatic carbocycles. The SMILES string of the molecule is CC(C)c1ncc(N2CCC(C)(C)CC2)c(C(=O)O)n1. The fourth-order valence-electron chi connectivity index (χ4n) is 2.41. The number of rotatable bonds is 3. The Labute approximate surface area is 120 Å². The minimum atomic E-state index is -0.978. The maximum Gasteiger partial charge on any atom is 0.356 e. The van der Waals surface area contributed by atoms with Crippen molar-refractivity contribution in [1.82, 2.24) is 9.97 Å². The normalized spacial score (nSPS) is 18.4. The highest BCUT2D eigenvalue weighted by Gasteiger charge is 2.28. The molecule has 0 amide bonds. The molecule has 1 aliphatic rings. The van der Waals surface area contributed by atoms with Crippen molar-refractivity contribution in [3.63, 3.8) is 0 Å². The Kier molecular flexibility index (Phi) is 3.97. The van der Waals surface area contributed by atoms with Crippen molar-refractivity contribution in [1.29, 1.82) is 0 Å². The third kappa shape index (κ3) is 3.08. The van der Waals surface area contributed by atoms with Gasteiger partial charge in [-0.2, -0.15) is 0 Å². The van der Waals surface area contributed by atoms with E-state index in [4.69, 9.17) is 0 Å². The van der Waals surface area contributed by atoms with Crippen LogP contribution in [0, 0.1) is 5.41 Å². The first kappa shape index (κ1) is 14.8. The average Bonchev–Trinajstić information content (AvgIpc) is 2.38. The van der Waals surface area contributed by atoms with Gasteiger partial charge in [-0.05, 0) is 18.3 Å². The van der Waals surface area contributed by atoms with Gasteiger partial charge in [-0.3, -0.25) is 0 Å². The van der Waals surface area contributed by atoms with Crippen LogP contribution in [0.1, 0.15) is 62.8 Å². The van der Waals surface area contributed by atoms with Crippen molar-refractivity contribution in [2.24, 2.45) is 5.41 Å². The second-order valence-corrected chi connectivity index (χ2v) is 6.57. The van der Waals surface area contributed by atoms with Gasteiger partial charge in [0.2, 0.25) is 0 Å². The molecule has 5 nitrogen and oxygen atoms in total. The molecule has 0 bridgehead atoms. The highest BCUT2D eigenvalue weighted by molar-refractivity contribution is 5.92. The van der Waals surface area contributed by atoms with Gasteiger partial charge in [-0.15, -0.1) is 0 Å². The van der Waals surface area contributed by atoms with Crippen molar-refractivity contribution < 1.29 is 9.90 Å². The Balaban J connectivity index is 2.30. The lowest BCUT2D eigenvalue weighted by molar-refractivity contribution is 0.0690. The number of carbonyl (C=O) groups is 1. The molecule has 1 fully saturated rings. The first-order chi connectivity index (χ1) is 9.30. The minimum Gasteiger partial charge on any atom is -0.476 e. The molecule has 1 N–H and O–H groups in total. The molecular weight excluding hydrogens is 254 g/mol. The summed E-state index contributed by atoms with van der Waals surface area (Å²) >= 11 is 0. The number of hydrogen-bond donors (Lipinski definition) is 1. The van der Waals surface area contributed by atoms with E-state index in [0.29, 0.717) is 16.9 Å². The van der Waals surface area contributed by atoms with Crippen LogP contribution in [0.5, 0.6) is 0 Å². The van der Waals surface area contributed by atoms with Crippen LogP contribution in [0.25, 0.3) is 0 Å². The van der Waals surface area contributed by atoms with Crippen LogP contribution in [0.2, 0.25) is 0 Å². The number of carboxylic acid groups (broad SMARTS) is 1. The Hall–Kier alpha value is -1.65. The van der Waals surface area contributed by atoms with E-state index >= 15 is 0 Å². The predicted molar refractivity (Wildman–Crippen MR) is 78.3 cm³/mol. The largest absolute Gasteiger partial charge is 0.476 e. The second-order valence-electron chi connectivity index (χ2n) is 6.57. The molecule has 0 spiro atoms. The zero-order valence-corrected chi connectivity index (χ0v) is 12.7. The van der Waals surface area contributed by atoms with E-state index in [2.05, 4.69) is 28.7 Å². The summed E-state index contributed by atoms with van der Waals surface area (Å²) < 4.78 is 0. The summed E-state index contributed by atoms with van der Waals surface area (Å²) in [7, 11) is 0. The van der Waals surface area contributed by atoms with E-state index in [0.717, 1.165) is 25.9 Å². The summed E-state index contributed by atoms with van der Waals surface area (Å²) in [4.78, 5) is 22.1. The molecule has 1 aromatic heterocycles. The highest BCUT2D eigenvalue weighted by Crippen LogP contribution is 2.33. The maximum atomic E-state index is 11.4. The minimum absolute atomic E-state index is 0.127. The number of hydrogen-bond acceptors (Lipinski definition) is 4. The summed E-state index contributed by atoms with van der Waals surface area (Å²) in [5, 5.41) is 9.39. The van der Waals surface area contributed by atoms with Crippen LogP contribution in [0.3, 0.4) is 0 Å². The topological polar surface area (TPSA) is 66.3 Å². The molecule has 0 aromatic carbocycles. The summed E-state index contributed by atoms with van der Waals surface area (Å²) in [5.41, 5.74) is 1.11. The molecular formula is C15H23N3O2. The molecule has 2 heterocycles. The summed E-state index contributed by atoms with van der Waals surface area (Å²) in [6.45, 7) is 10.1. The molecule has 2 rings (SSSR count). The van der Waals surface area contributed by atoms with Crippen LogP contribution in [0.15, 0.2) is 6.20 Å². The Morgan fingerprint density at radius 2 is 1.95 bits per heavy atom. The molecule has 1 saturated heterocycles. The van der Waals surface area contributed by atoms with Gasteiger partial charge in [-0.25, -0.2) is 14.8 Å². The third-order valence-electron chi connectivity index (χ3n) is 3.96. The maximum absolute atomic E-state index is 11.4. The van der Waals surface area contributed by atoms with Crippen molar-refractivity contribution in [3.8, 4) is 0 Å². The van der Waals surface area contributed by atoms with Crippen LogP contribution in [0.4, 0.5) is 5.69 Å². The first-order valence-electron chi connectivity index (χ1n) is 7.15. The summed E-state index contributed by atoms with van der Waals surface area (Å²) in [6, 6.07) is 0. The predicted octanol–water partition coefficient (Wildman–Crippen LogP) is 2.92. The first-order valence-corrected chi connectivity index (χ1v) is 7.15. The lowest BCUT2D eigenvalue weighted by Crippen LogP contribution is -2.38. The Bertz CT molecular complexity index is 502. The molecule has 0 atom stereocenters. The number of aromatic nitrogens is 2. The number of aromatic carboxylic acids is 1. The fraction of sp³-hybridized carbons (Fsp3) is 0.667. The Morgan fingerprint density at radius 3 is 2.45 bits per heavy atom. The quantitative estimate of drug-likeness (QED) is 0.920. The van der Waals surface area contributed by atoms with E-state index in [-0.39, 0.29) is 11.6 Å². The third-order valence-corrected chi connectivity index (χ3v) is 3.96. The van der Waals surface area contributed by atoms with E-state index < -0.39 is 5.97 Å². The molecule has 0 unspecified atom stereocenters. The standard InChI is InChI=1S/C15H23N3O2/c1-10(2)13-16-9-11(12(17-13)14(19)20)18-7-5-15(3,4)6-8-18/h9-10H,5-8H2,1-4H3,(H,19,20). The molecule has 0 radical (unpaired) electrons. The number of carboxylic acids is 1. The molecule has 0 saturated carbocycles. The van der Waals surface area contributed by atoms with Crippen molar-refractivity contribution in [2.75, 3.05) is 18.0 Å². The van der Waals surface area contributed by atoms with E-state index in [1.165, 1.54) is 0 Å². The van der Waals surface area contributed by atoms with Gasteiger partial charge in [0.25, 0.3) is 0 Å². The van der Waals surface area contributed by atoms with E-state index in [1.54, 1.807) is 6.20 Å². The smallest absolute Gasteiger partial charge is 0.356 e. The molecule has 20 heavy (non-hydrogen) atoms. The number of nitrogens with zero attached hydrogens (tertiary/aromatic N) is 3. The summed E-state index contributed by atoms with van der Waals surface area (Å²) in [6.07, 6.45) is 3.78. The van der Waals surface area contributed by atoms with Gasteiger partial charge in [0.15, 0.2) is 5.69 Å². The van der Waals surface area contributed by atoms with Gasteiger partial charge in [-0.1, -0.05) is 27.7 Å². The van der Waals surface area contributed by atoms with E-state index in [1.807, 2.05) is 13.8 Å². The lowest BCUT2D eigenvalue weighted by Gasteiger charge is -2.38. The van der Waals surface area contributed by atoms with E-state index in [9.17, 15) is 9.90 Å². The molecule has 1 aliphatic heterocycles. The average molecular weight is 277 g/mol. The van der Waals surface area contributed by atoms with Crippen LogP contribution >= 0.6 is 0 Å². The van der Waals surface area contributed by atoms with Gasteiger partial charge in [0.05, 0.1) is 11.9 Å². The van der Waals surface area contributed by atoms with Gasteiger partial charge in [0.1, 0.15) is 5.82 Å². The highest BCUT2D eigenvalue weighted by atomic mass is 16.4.